The Bertz CT molecular complexity index is 259. The van der Waals surface area contributed by atoms with Crippen LogP contribution < -0.4 is 0 Å². The minimum atomic E-state index is 0.421. The molecule has 0 unspecified atom stereocenters. The maximum atomic E-state index is 12.0. The van der Waals surface area contributed by atoms with Crippen LogP contribution in [0.1, 0.15) is 44.9 Å². The number of carbonyl (C=O) groups is 1. The Balaban J connectivity index is 1.61. The van der Waals surface area contributed by atoms with Gasteiger partial charge >= 0.3 is 0 Å². The molecule has 15 heavy (non-hydrogen) atoms. The molecule has 2 aliphatic carbocycles. The minimum absolute atomic E-state index is 0.421. The van der Waals surface area contributed by atoms with Crippen molar-refractivity contribution in [2.24, 2.45) is 17.8 Å². The lowest BCUT2D eigenvalue weighted by atomic mass is 9.75. The number of nitrogens with zero attached hydrogens (tertiary/aromatic N) is 1. The van der Waals surface area contributed by atoms with E-state index in [2.05, 4.69) is 4.90 Å². The van der Waals surface area contributed by atoms with Gasteiger partial charge in [0.25, 0.3) is 0 Å². The van der Waals surface area contributed by atoms with E-state index in [1.54, 1.807) is 0 Å². The maximum absolute atomic E-state index is 12.0. The first kappa shape index (κ1) is 9.68. The summed E-state index contributed by atoms with van der Waals surface area (Å²) in [5.41, 5.74) is 0. The van der Waals surface area contributed by atoms with Crippen molar-refractivity contribution in [2.75, 3.05) is 13.1 Å². The Morgan fingerprint density at radius 3 is 2.40 bits per heavy atom. The Hall–Kier alpha value is -0.530. The Kier molecular flexibility index (Phi) is 2.45. The van der Waals surface area contributed by atoms with Gasteiger partial charge in [0.2, 0.25) is 5.91 Å². The van der Waals surface area contributed by atoms with E-state index in [9.17, 15) is 4.79 Å². The van der Waals surface area contributed by atoms with Gasteiger partial charge in [0, 0.05) is 19.0 Å². The minimum Gasteiger partial charge on any atom is -0.342 e. The van der Waals surface area contributed by atoms with Crippen LogP contribution in [-0.4, -0.2) is 23.9 Å². The summed E-state index contributed by atoms with van der Waals surface area (Å²) in [7, 11) is 0. The van der Waals surface area contributed by atoms with Crippen LogP contribution in [0, 0.1) is 17.8 Å². The van der Waals surface area contributed by atoms with E-state index in [1.165, 1.54) is 32.1 Å². The van der Waals surface area contributed by atoms with Crippen molar-refractivity contribution in [3.8, 4) is 0 Å². The predicted molar refractivity (Wildman–Crippen MR) is 59.4 cm³/mol. The molecule has 1 heterocycles. The van der Waals surface area contributed by atoms with Crippen LogP contribution in [-0.2, 0) is 4.79 Å². The van der Waals surface area contributed by atoms with E-state index in [4.69, 9.17) is 0 Å². The normalized spacial score (nSPS) is 36.1. The molecule has 2 saturated carbocycles. The molecule has 0 bridgehead atoms. The van der Waals surface area contributed by atoms with Crippen molar-refractivity contribution in [2.45, 2.75) is 44.9 Å². The molecule has 84 valence electrons. The molecule has 0 radical (unpaired) electrons. The fourth-order valence-electron chi connectivity index (χ4n) is 3.39. The molecule has 2 heteroatoms. The smallest absolute Gasteiger partial charge is 0.225 e. The molecule has 1 amide bonds. The molecular weight excluding hydrogens is 186 g/mol. The van der Waals surface area contributed by atoms with Crippen LogP contribution in [0.2, 0.25) is 0 Å². The highest BCUT2D eigenvalue weighted by Crippen LogP contribution is 2.38. The number of hydrogen-bond acceptors (Lipinski definition) is 1. The highest BCUT2D eigenvalue weighted by molar-refractivity contribution is 5.81. The number of piperidine rings is 1. The van der Waals surface area contributed by atoms with Crippen molar-refractivity contribution in [3.63, 3.8) is 0 Å². The second-order valence-corrected chi connectivity index (χ2v) is 5.65. The summed E-state index contributed by atoms with van der Waals surface area (Å²) in [6.45, 7) is 2.14. The first-order valence-corrected chi connectivity index (χ1v) is 6.63. The van der Waals surface area contributed by atoms with E-state index in [0.29, 0.717) is 11.8 Å². The summed E-state index contributed by atoms with van der Waals surface area (Å²) >= 11 is 0. The Morgan fingerprint density at radius 1 is 0.933 bits per heavy atom. The summed E-state index contributed by atoms with van der Waals surface area (Å²) in [4.78, 5) is 14.1. The molecule has 0 aromatic carbocycles. The van der Waals surface area contributed by atoms with E-state index in [-0.39, 0.29) is 0 Å². The van der Waals surface area contributed by atoms with Crippen LogP contribution in [0.3, 0.4) is 0 Å². The molecule has 1 aliphatic heterocycles. The lowest BCUT2D eigenvalue weighted by Gasteiger charge is -2.41. The number of rotatable bonds is 1. The van der Waals surface area contributed by atoms with Crippen LogP contribution in [0.4, 0.5) is 0 Å². The van der Waals surface area contributed by atoms with Gasteiger partial charge in [-0.15, -0.1) is 0 Å². The molecule has 2 nitrogen and oxygen atoms in total. The van der Waals surface area contributed by atoms with Crippen molar-refractivity contribution in [1.82, 2.24) is 4.90 Å². The zero-order chi connectivity index (χ0) is 10.3. The first-order chi connectivity index (χ1) is 7.34. The van der Waals surface area contributed by atoms with Gasteiger partial charge in [-0.05, 0) is 37.5 Å². The van der Waals surface area contributed by atoms with Gasteiger partial charge in [0.15, 0.2) is 0 Å². The predicted octanol–water partition coefficient (Wildman–Crippen LogP) is 2.44. The molecule has 2 atom stereocenters. The highest BCUT2D eigenvalue weighted by atomic mass is 16.2. The van der Waals surface area contributed by atoms with Crippen LogP contribution in [0.25, 0.3) is 0 Å². The third-order valence-electron chi connectivity index (χ3n) is 4.53. The van der Waals surface area contributed by atoms with Crippen molar-refractivity contribution >= 4 is 5.91 Å². The van der Waals surface area contributed by atoms with Gasteiger partial charge in [0.05, 0.1) is 0 Å². The van der Waals surface area contributed by atoms with Gasteiger partial charge < -0.3 is 4.90 Å². The quantitative estimate of drug-likeness (QED) is 0.646. The second kappa shape index (κ2) is 3.80. The van der Waals surface area contributed by atoms with E-state index in [0.717, 1.165) is 37.8 Å². The van der Waals surface area contributed by atoms with Crippen molar-refractivity contribution in [1.29, 1.82) is 0 Å². The molecule has 3 aliphatic rings. The SMILES string of the molecule is O=C(C1CC1)N1CC[C@H]2CCCC[C@H]2C1. The number of hydrogen-bond donors (Lipinski definition) is 0. The molecule has 1 saturated heterocycles. The third kappa shape index (κ3) is 1.91. The largest absolute Gasteiger partial charge is 0.342 e. The number of likely N-dealkylation sites (tertiary alicyclic amines) is 1. The van der Waals surface area contributed by atoms with Gasteiger partial charge in [-0.3, -0.25) is 4.79 Å². The standard InChI is InChI=1S/C13H21NO/c15-13(11-5-6-11)14-8-7-10-3-1-2-4-12(10)9-14/h10-12H,1-9H2/t10-,12+/m1/s1. The second-order valence-electron chi connectivity index (χ2n) is 5.65. The van der Waals surface area contributed by atoms with Gasteiger partial charge in [-0.2, -0.15) is 0 Å². The summed E-state index contributed by atoms with van der Waals surface area (Å²) in [5, 5.41) is 0. The van der Waals surface area contributed by atoms with E-state index >= 15 is 0 Å². The van der Waals surface area contributed by atoms with E-state index < -0.39 is 0 Å². The van der Waals surface area contributed by atoms with Gasteiger partial charge in [0.1, 0.15) is 0 Å². The molecule has 3 rings (SSSR count). The summed E-state index contributed by atoms with van der Waals surface area (Å²) in [5.74, 6) is 2.68. The van der Waals surface area contributed by atoms with Gasteiger partial charge in [-0.1, -0.05) is 19.3 Å². The number of amides is 1. The highest BCUT2D eigenvalue weighted by Gasteiger charge is 2.38. The first-order valence-electron chi connectivity index (χ1n) is 6.63. The Morgan fingerprint density at radius 2 is 1.67 bits per heavy atom. The fraction of sp³-hybridized carbons (Fsp3) is 0.923. The topological polar surface area (TPSA) is 20.3 Å². The van der Waals surface area contributed by atoms with Gasteiger partial charge in [-0.25, -0.2) is 0 Å². The molecule has 0 spiro atoms. The summed E-state index contributed by atoms with van der Waals surface area (Å²) in [6.07, 6.45) is 9.22. The van der Waals surface area contributed by atoms with Crippen LogP contribution in [0.5, 0.6) is 0 Å². The third-order valence-corrected chi connectivity index (χ3v) is 4.53. The zero-order valence-electron chi connectivity index (χ0n) is 9.45. The molecule has 0 aromatic heterocycles. The fourth-order valence-corrected chi connectivity index (χ4v) is 3.39. The lowest BCUT2D eigenvalue weighted by Crippen LogP contribution is -2.45. The zero-order valence-corrected chi connectivity index (χ0v) is 9.45. The number of carbonyl (C=O) groups excluding carboxylic acids is 1. The maximum Gasteiger partial charge on any atom is 0.225 e. The van der Waals surface area contributed by atoms with Crippen molar-refractivity contribution < 1.29 is 4.79 Å². The molecule has 0 N–H and O–H groups in total. The summed E-state index contributed by atoms with van der Waals surface area (Å²) in [6, 6.07) is 0. The molecule has 3 fully saturated rings. The average Bonchev–Trinajstić information content (AvgIpc) is 3.11. The van der Waals surface area contributed by atoms with Crippen LogP contribution >= 0.6 is 0 Å². The van der Waals surface area contributed by atoms with Crippen LogP contribution in [0.15, 0.2) is 0 Å². The summed E-state index contributed by atoms with van der Waals surface area (Å²) < 4.78 is 0. The average molecular weight is 207 g/mol. The van der Waals surface area contributed by atoms with E-state index in [1.807, 2.05) is 0 Å². The monoisotopic (exact) mass is 207 g/mol. The molecular formula is C13H21NO. The van der Waals surface area contributed by atoms with Crippen molar-refractivity contribution in [3.05, 3.63) is 0 Å². The number of fused-ring (bicyclic) bond motifs is 1. The Labute approximate surface area is 92.0 Å². The lowest BCUT2D eigenvalue weighted by molar-refractivity contribution is -0.135. The molecule has 0 aromatic rings.